The molecule has 3 N–H and O–H groups in total. The first-order chi connectivity index (χ1) is 13.6. The Labute approximate surface area is 177 Å². The van der Waals surface area contributed by atoms with E-state index in [9.17, 15) is 14.4 Å². The summed E-state index contributed by atoms with van der Waals surface area (Å²) < 4.78 is 10.8. The normalized spacial score (nSPS) is 10.9. The molecule has 8 nitrogen and oxygen atoms in total. The molecule has 0 radical (unpaired) electrons. The van der Waals surface area contributed by atoms with Crippen LogP contribution in [0.25, 0.3) is 0 Å². The lowest BCUT2D eigenvalue weighted by Crippen LogP contribution is -2.35. The topological polar surface area (TPSA) is 110 Å². The smallest absolute Gasteiger partial charge is 0.407 e. The summed E-state index contributed by atoms with van der Waals surface area (Å²) in [6.07, 6.45) is -0.461. The quantitative estimate of drug-likeness (QED) is 0.575. The van der Waals surface area contributed by atoms with Crippen LogP contribution in [0.2, 0.25) is 0 Å². The number of benzene rings is 1. The summed E-state index contributed by atoms with van der Waals surface area (Å²) in [6.45, 7) is 5.68. The lowest BCUT2D eigenvalue weighted by molar-refractivity contribution is -0.121. The molecular weight excluding hydrogens is 442 g/mol. The van der Waals surface area contributed by atoms with Gasteiger partial charge in [0.2, 0.25) is 5.91 Å². The molecule has 0 unspecified atom stereocenters. The van der Waals surface area contributed by atoms with Gasteiger partial charge in [0.05, 0.1) is 0 Å². The highest BCUT2D eigenvalue weighted by molar-refractivity contribution is 9.10. The molecule has 0 atom stereocenters. The fourth-order valence-corrected chi connectivity index (χ4v) is 2.60. The third-order valence-corrected chi connectivity index (χ3v) is 3.99. The molecule has 156 valence electrons. The summed E-state index contributed by atoms with van der Waals surface area (Å²) in [4.78, 5) is 35.9. The van der Waals surface area contributed by atoms with Gasteiger partial charge in [-0.1, -0.05) is 18.2 Å². The number of nitrogens with one attached hydrogen (secondary N) is 3. The van der Waals surface area contributed by atoms with Gasteiger partial charge < -0.3 is 25.1 Å². The van der Waals surface area contributed by atoms with Crippen LogP contribution in [0, 0.1) is 0 Å². The number of carbonyl (C=O) groups excluding carboxylic acids is 3. The van der Waals surface area contributed by atoms with Crippen molar-refractivity contribution in [3.05, 3.63) is 52.4 Å². The van der Waals surface area contributed by atoms with Gasteiger partial charge in [-0.3, -0.25) is 9.59 Å². The van der Waals surface area contributed by atoms with E-state index in [0.717, 1.165) is 5.56 Å². The van der Waals surface area contributed by atoms with E-state index in [1.165, 1.54) is 0 Å². The van der Waals surface area contributed by atoms with Gasteiger partial charge in [0.1, 0.15) is 5.60 Å². The number of alkyl carbamates (subject to hydrolysis) is 1. The highest BCUT2D eigenvalue weighted by Gasteiger charge is 2.16. The number of hydrogen-bond acceptors (Lipinski definition) is 5. The van der Waals surface area contributed by atoms with Crippen LogP contribution in [0.15, 0.2) is 45.5 Å². The minimum atomic E-state index is -0.591. The van der Waals surface area contributed by atoms with Gasteiger partial charge in [-0.2, -0.15) is 0 Å². The van der Waals surface area contributed by atoms with E-state index in [1.807, 2.05) is 6.07 Å². The number of para-hydroxylation sites is 1. The first kappa shape index (κ1) is 22.5. The molecule has 1 aromatic heterocycles. The van der Waals surface area contributed by atoms with Gasteiger partial charge in [-0.25, -0.2) is 4.79 Å². The Hall–Kier alpha value is -2.81. The zero-order valence-electron chi connectivity index (χ0n) is 16.5. The number of furan rings is 1. The molecule has 9 heteroatoms. The highest BCUT2D eigenvalue weighted by atomic mass is 79.9. The molecule has 0 fully saturated rings. The van der Waals surface area contributed by atoms with E-state index in [1.54, 1.807) is 51.1 Å². The maximum absolute atomic E-state index is 12.3. The second kappa shape index (κ2) is 10.1. The van der Waals surface area contributed by atoms with Crippen molar-refractivity contribution in [2.24, 2.45) is 0 Å². The van der Waals surface area contributed by atoms with Crippen LogP contribution < -0.4 is 16.0 Å². The van der Waals surface area contributed by atoms with Crippen molar-refractivity contribution < 1.29 is 23.5 Å². The predicted molar refractivity (Wildman–Crippen MR) is 112 cm³/mol. The zero-order valence-corrected chi connectivity index (χ0v) is 18.1. The van der Waals surface area contributed by atoms with E-state index in [-0.39, 0.29) is 31.2 Å². The molecule has 0 aliphatic heterocycles. The van der Waals surface area contributed by atoms with E-state index >= 15 is 0 Å². The van der Waals surface area contributed by atoms with Gasteiger partial charge in [-0.15, -0.1) is 0 Å². The van der Waals surface area contributed by atoms with Crippen LogP contribution in [-0.4, -0.2) is 30.1 Å². The van der Waals surface area contributed by atoms with Crippen molar-refractivity contribution in [3.8, 4) is 0 Å². The van der Waals surface area contributed by atoms with Crippen molar-refractivity contribution in [2.45, 2.75) is 39.3 Å². The summed E-state index contributed by atoms with van der Waals surface area (Å²) in [5.74, 6) is -0.461. The number of amides is 3. The van der Waals surface area contributed by atoms with Gasteiger partial charge in [0.25, 0.3) is 5.91 Å². The zero-order chi connectivity index (χ0) is 21.4. The lowest BCUT2D eigenvalue weighted by Gasteiger charge is -2.19. The van der Waals surface area contributed by atoms with Gasteiger partial charge >= 0.3 is 6.09 Å². The standard InChI is InChI=1S/C20H24BrN3O5/c1-20(2,3)29-19(27)22-11-10-17(25)23-12-13-6-4-5-7-14(13)24-18(26)15-8-9-16(21)28-15/h4-9H,10-12H2,1-3H3,(H,22,27)(H,23,25)(H,24,26). The summed E-state index contributed by atoms with van der Waals surface area (Å²) in [5.41, 5.74) is 0.712. The maximum Gasteiger partial charge on any atom is 0.407 e. The van der Waals surface area contributed by atoms with E-state index < -0.39 is 17.6 Å². The number of ether oxygens (including phenoxy) is 1. The Balaban J connectivity index is 1.82. The van der Waals surface area contributed by atoms with Crippen LogP contribution in [0.1, 0.15) is 43.3 Å². The van der Waals surface area contributed by atoms with Crippen molar-refractivity contribution in [1.29, 1.82) is 0 Å². The van der Waals surface area contributed by atoms with Crippen LogP contribution in [-0.2, 0) is 16.1 Å². The van der Waals surface area contributed by atoms with Crippen molar-refractivity contribution >= 4 is 39.5 Å². The minimum Gasteiger partial charge on any atom is -0.444 e. The van der Waals surface area contributed by atoms with Crippen molar-refractivity contribution in [3.63, 3.8) is 0 Å². The van der Waals surface area contributed by atoms with E-state index in [0.29, 0.717) is 10.4 Å². The number of anilines is 1. The first-order valence-electron chi connectivity index (χ1n) is 9.02. The molecule has 2 aromatic rings. The van der Waals surface area contributed by atoms with Gasteiger partial charge in [0.15, 0.2) is 10.4 Å². The van der Waals surface area contributed by atoms with Gasteiger partial charge in [-0.05, 0) is 60.5 Å². The largest absolute Gasteiger partial charge is 0.444 e. The molecule has 0 aliphatic carbocycles. The molecular formula is C20H24BrN3O5. The third kappa shape index (κ3) is 7.98. The fraction of sp³-hybridized carbons (Fsp3) is 0.350. The fourth-order valence-electron chi connectivity index (χ4n) is 2.29. The van der Waals surface area contributed by atoms with Crippen molar-refractivity contribution in [2.75, 3.05) is 11.9 Å². The predicted octanol–water partition coefficient (Wildman–Crippen LogP) is 3.83. The number of halogens is 1. The highest BCUT2D eigenvalue weighted by Crippen LogP contribution is 2.19. The number of hydrogen-bond donors (Lipinski definition) is 3. The Morgan fingerprint density at radius 1 is 1.07 bits per heavy atom. The molecule has 0 saturated heterocycles. The molecule has 29 heavy (non-hydrogen) atoms. The first-order valence-corrected chi connectivity index (χ1v) is 9.81. The van der Waals surface area contributed by atoms with E-state index in [2.05, 4.69) is 31.9 Å². The SMILES string of the molecule is CC(C)(C)OC(=O)NCCC(=O)NCc1ccccc1NC(=O)c1ccc(Br)o1. The minimum absolute atomic E-state index is 0.105. The molecule has 0 bridgehead atoms. The summed E-state index contributed by atoms with van der Waals surface area (Å²) >= 11 is 3.16. The molecule has 2 rings (SSSR count). The van der Waals surface area contributed by atoms with Gasteiger partial charge in [0, 0.05) is 25.2 Å². The Bertz CT molecular complexity index is 873. The van der Waals surface area contributed by atoms with Crippen LogP contribution in [0.3, 0.4) is 0 Å². The maximum atomic E-state index is 12.3. The van der Waals surface area contributed by atoms with Crippen LogP contribution >= 0.6 is 15.9 Å². The second-order valence-electron chi connectivity index (χ2n) is 7.17. The second-order valence-corrected chi connectivity index (χ2v) is 7.95. The summed E-state index contributed by atoms with van der Waals surface area (Å²) in [7, 11) is 0. The monoisotopic (exact) mass is 465 g/mol. The molecule has 0 aliphatic rings. The lowest BCUT2D eigenvalue weighted by atomic mass is 10.1. The summed E-state index contributed by atoms with van der Waals surface area (Å²) in [5, 5.41) is 8.06. The van der Waals surface area contributed by atoms with E-state index in [4.69, 9.17) is 9.15 Å². The molecule has 0 spiro atoms. The van der Waals surface area contributed by atoms with Crippen LogP contribution in [0.5, 0.6) is 0 Å². The average molecular weight is 466 g/mol. The molecule has 1 aromatic carbocycles. The van der Waals surface area contributed by atoms with Crippen LogP contribution in [0.4, 0.5) is 10.5 Å². The molecule has 1 heterocycles. The molecule has 3 amide bonds. The van der Waals surface area contributed by atoms with Crippen molar-refractivity contribution in [1.82, 2.24) is 10.6 Å². The number of rotatable bonds is 7. The average Bonchev–Trinajstić information content (AvgIpc) is 3.06. The Kier molecular flexibility index (Phi) is 7.83. The molecule has 0 saturated carbocycles. The number of carbonyl (C=O) groups is 3. The Morgan fingerprint density at radius 2 is 1.79 bits per heavy atom. The summed E-state index contributed by atoms with van der Waals surface area (Å²) in [6, 6.07) is 10.3. The third-order valence-electron chi connectivity index (χ3n) is 3.56. The Morgan fingerprint density at radius 3 is 2.45 bits per heavy atom.